The zero-order valence-electron chi connectivity index (χ0n) is 9.87. The minimum Gasteiger partial charge on any atom is -0.465 e. The van der Waals surface area contributed by atoms with Crippen molar-refractivity contribution >= 4 is 34.6 Å². The van der Waals surface area contributed by atoms with E-state index in [0.29, 0.717) is 16.7 Å². The van der Waals surface area contributed by atoms with Crippen LogP contribution in [0.25, 0.3) is 0 Å². The molecule has 18 heavy (non-hydrogen) atoms. The van der Waals surface area contributed by atoms with Crippen LogP contribution in [0.3, 0.4) is 0 Å². The van der Waals surface area contributed by atoms with Crippen molar-refractivity contribution in [3.8, 4) is 0 Å². The molecule has 1 aromatic carbocycles. The molecule has 0 unspecified atom stereocenters. The molecule has 1 aromatic heterocycles. The van der Waals surface area contributed by atoms with Gasteiger partial charge in [-0.1, -0.05) is 23.7 Å². The average molecular weight is 281 g/mol. The SMILES string of the molecule is Cc1ccc(CNC(=S)Nc2ccccc2Cl)o1. The van der Waals surface area contributed by atoms with E-state index in [0.717, 1.165) is 17.2 Å². The number of hydrogen-bond acceptors (Lipinski definition) is 2. The number of furan rings is 1. The average Bonchev–Trinajstić information content (AvgIpc) is 2.76. The summed E-state index contributed by atoms with van der Waals surface area (Å²) in [4.78, 5) is 0. The summed E-state index contributed by atoms with van der Waals surface area (Å²) in [7, 11) is 0. The molecule has 3 nitrogen and oxygen atoms in total. The van der Waals surface area contributed by atoms with Gasteiger partial charge in [0, 0.05) is 0 Å². The van der Waals surface area contributed by atoms with Crippen LogP contribution < -0.4 is 10.6 Å². The third kappa shape index (κ3) is 3.48. The Hall–Kier alpha value is -1.52. The summed E-state index contributed by atoms with van der Waals surface area (Å²) >= 11 is 11.2. The molecule has 0 saturated heterocycles. The first-order chi connectivity index (χ1) is 8.65. The molecule has 0 radical (unpaired) electrons. The van der Waals surface area contributed by atoms with Crippen LogP contribution in [0.2, 0.25) is 5.02 Å². The normalized spacial score (nSPS) is 10.1. The van der Waals surface area contributed by atoms with Gasteiger partial charge in [0.1, 0.15) is 11.5 Å². The fourth-order valence-corrected chi connectivity index (χ4v) is 1.84. The maximum atomic E-state index is 6.02. The zero-order chi connectivity index (χ0) is 13.0. The summed E-state index contributed by atoms with van der Waals surface area (Å²) in [5, 5.41) is 7.24. The predicted octanol–water partition coefficient (Wildman–Crippen LogP) is 3.73. The predicted molar refractivity (Wildman–Crippen MR) is 78.0 cm³/mol. The number of benzene rings is 1. The van der Waals surface area contributed by atoms with Crippen LogP contribution in [0.4, 0.5) is 5.69 Å². The van der Waals surface area contributed by atoms with Crippen molar-refractivity contribution in [2.75, 3.05) is 5.32 Å². The molecule has 0 aliphatic carbocycles. The maximum absolute atomic E-state index is 6.02. The molecule has 94 valence electrons. The molecule has 5 heteroatoms. The molecule has 0 spiro atoms. The molecule has 2 N–H and O–H groups in total. The highest BCUT2D eigenvalue weighted by atomic mass is 35.5. The minimum atomic E-state index is 0.511. The van der Waals surface area contributed by atoms with Gasteiger partial charge in [0.2, 0.25) is 0 Å². The van der Waals surface area contributed by atoms with Crippen molar-refractivity contribution in [2.24, 2.45) is 0 Å². The number of rotatable bonds is 3. The first-order valence-corrected chi connectivity index (χ1v) is 6.28. The van der Waals surface area contributed by atoms with Crippen LogP contribution in [0.5, 0.6) is 0 Å². The van der Waals surface area contributed by atoms with E-state index in [9.17, 15) is 0 Å². The van der Waals surface area contributed by atoms with Gasteiger partial charge in [0.05, 0.1) is 17.3 Å². The van der Waals surface area contributed by atoms with Crippen molar-refractivity contribution in [1.82, 2.24) is 5.32 Å². The van der Waals surface area contributed by atoms with E-state index in [1.807, 2.05) is 43.3 Å². The zero-order valence-corrected chi connectivity index (χ0v) is 11.4. The van der Waals surface area contributed by atoms with Gasteiger partial charge < -0.3 is 15.1 Å². The Morgan fingerprint density at radius 3 is 2.72 bits per heavy atom. The fraction of sp³-hybridized carbons (Fsp3) is 0.154. The monoisotopic (exact) mass is 280 g/mol. The third-order valence-electron chi connectivity index (χ3n) is 2.34. The molecule has 2 rings (SSSR count). The van der Waals surface area contributed by atoms with Gasteiger partial charge in [-0.2, -0.15) is 0 Å². The lowest BCUT2D eigenvalue weighted by atomic mass is 10.3. The minimum absolute atomic E-state index is 0.511. The summed E-state index contributed by atoms with van der Waals surface area (Å²) in [5.74, 6) is 1.73. The van der Waals surface area contributed by atoms with Crippen LogP contribution in [-0.4, -0.2) is 5.11 Å². The summed E-state index contributed by atoms with van der Waals surface area (Å²) in [6.07, 6.45) is 0. The van der Waals surface area contributed by atoms with Crippen LogP contribution in [-0.2, 0) is 6.54 Å². The Morgan fingerprint density at radius 2 is 2.06 bits per heavy atom. The largest absolute Gasteiger partial charge is 0.465 e. The van der Waals surface area contributed by atoms with E-state index in [1.54, 1.807) is 0 Å². The topological polar surface area (TPSA) is 37.2 Å². The van der Waals surface area contributed by atoms with Gasteiger partial charge in [-0.05, 0) is 43.4 Å². The van der Waals surface area contributed by atoms with E-state index in [1.165, 1.54) is 0 Å². The molecule has 2 aromatic rings. The number of para-hydroxylation sites is 1. The highest BCUT2D eigenvalue weighted by Gasteiger charge is 2.03. The van der Waals surface area contributed by atoms with Crippen LogP contribution >= 0.6 is 23.8 Å². The molecule has 0 atom stereocenters. The first-order valence-electron chi connectivity index (χ1n) is 5.50. The standard InChI is InChI=1S/C13H13ClN2OS/c1-9-6-7-10(17-9)8-15-13(18)16-12-5-3-2-4-11(12)14/h2-7H,8H2,1H3,(H2,15,16,18). The molecule has 0 saturated carbocycles. The van der Waals surface area contributed by atoms with Gasteiger partial charge >= 0.3 is 0 Å². The van der Waals surface area contributed by atoms with Crippen molar-refractivity contribution in [3.63, 3.8) is 0 Å². The van der Waals surface area contributed by atoms with E-state index in [-0.39, 0.29) is 0 Å². The van der Waals surface area contributed by atoms with Gasteiger partial charge in [-0.15, -0.1) is 0 Å². The maximum Gasteiger partial charge on any atom is 0.171 e. The number of hydrogen-bond donors (Lipinski definition) is 2. The summed E-state index contributed by atoms with van der Waals surface area (Å²) < 4.78 is 5.43. The van der Waals surface area contributed by atoms with E-state index < -0.39 is 0 Å². The summed E-state index contributed by atoms with van der Waals surface area (Å²) in [6.45, 7) is 2.45. The smallest absolute Gasteiger partial charge is 0.171 e. The Bertz CT molecular complexity index is 553. The molecule has 1 heterocycles. The highest BCUT2D eigenvalue weighted by Crippen LogP contribution is 2.20. The van der Waals surface area contributed by atoms with Gasteiger partial charge in [0.15, 0.2) is 5.11 Å². The van der Waals surface area contributed by atoms with E-state index in [4.69, 9.17) is 28.2 Å². The van der Waals surface area contributed by atoms with Crippen molar-refractivity contribution in [2.45, 2.75) is 13.5 Å². The molecule has 0 fully saturated rings. The lowest BCUT2D eigenvalue weighted by Gasteiger charge is -2.10. The lowest BCUT2D eigenvalue weighted by molar-refractivity contribution is 0.478. The second-order valence-corrected chi connectivity index (χ2v) is 4.62. The Kier molecular flexibility index (Phi) is 4.23. The molecule has 0 bridgehead atoms. The fourth-order valence-electron chi connectivity index (χ4n) is 1.48. The molecule has 0 aliphatic heterocycles. The van der Waals surface area contributed by atoms with Crippen molar-refractivity contribution in [1.29, 1.82) is 0 Å². The van der Waals surface area contributed by atoms with Crippen molar-refractivity contribution in [3.05, 3.63) is 52.9 Å². The number of aryl methyl sites for hydroxylation is 1. The van der Waals surface area contributed by atoms with Crippen molar-refractivity contribution < 1.29 is 4.42 Å². The van der Waals surface area contributed by atoms with Gasteiger partial charge in [0.25, 0.3) is 0 Å². The number of nitrogens with one attached hydrogen (secondary N) is 2. The molecule has 0 amide bonds. The highest BCUT2D eigenvalue weighted by molar-refractivity contribution is 7.80. The number of thiocarbonyl (C=S) groups is 1. The van der Waals surface area contributed by atoms with Crippen LogP contribution in [0.1, 0.15) is 11.5 Å². The number of anilines is 1. The van der Waals surface area contributed by atoms with Crippen LogP contribution in [0.15, 0.2) is 40.8 Å². The number of halogens is 1. The van der Waals surface area contributed by atoms with Crippen LogP contribution in [0, 0.1) is 6.92 Å². The summed E-state index contributed by atoms with van der Waals surface area (Å²) in [5.41, 5.74) is 0.785. The molecule has 0 aliphatic rings. The second-order valence-electron chi connectivity index (χ2n) is 3.80. The summed E-state index contributed by atoms with van der Waals surface area (Å²) in [6, 6.07) is 11.3. The van der Waals surface area contributed by atoms with E-state index >= 15 is 0 Å². The van der Waals surface area contributed by atoms with Gasteiger partial charge in [-0.3, -0.25) is 0 Å². The quantitative estimate of drug-likeness (QED) is 0.840. The Morgan fingerprint density at radius 1 is 1.28 bits per heavy atom. The Balaban J connectivity index is 1.88. The molecular formula is C13H13ClN2OS. The third-order valence-corrected chi connectivity index (χ3v) is 2.92. The lowest BCUT2D eigenvalue weighted by Crippen LogP contribution is -2.27. The Labute approximate surface area is 116 Å². The van der Waals surface area contributed by atoms with E-state index in [2.05, 4.69) is 10.6 Å². The first kappa shape index (κ1) is 12.9. The molecular weight excluding hydrogens is 268 g/mol. The van der Waals surface area contributed by atoms with Gasteiger partial charge in [-0.25, -0.2) is 0 Å². The second kappa shape index (κ2) is 5.89.